The van der Waals surface area contributed by atoms with Crippen molar-refractivity contribution < 1.29 is 9.59 Å². The summed E-state index contributed by atoms with van der Waals surface area (Å²) in [5.41, 5.74) is 4.28. The van der Waals surface area contributed by atoms with Crippen LogP contribution in [-0.2, 0) is 11.3 Å². The number of hydrogen-bond donors (Lipinski definition) is 2. The summed E-state index contributed by atoms with van der Waals surface area (Å²) in [6.45, 7) is 6.55. The molecule has 2 fully saturated rings. The van der Waals surface area contributed by atoms with Crippen molar-refractivity contribution in [2.24, 2.45) is 5.92 Å². The van der Waals surface area contributed by atoms with Crippen LogP contribution in [0.2, 0.25) is 0 Å². The number of amides is 3. The zero-order valence-electron chi connectivity index (χ0n) is 18.3. The Balaban J connectivity index is 1.17. The van der Waals surface area contributed by atoms with Crippen LogP contribution in [0.1, 0.15) is 36.8 Å². The molecule has 0 aliphatic carbocycles. The minimum absolute atomic E-state index is 0.0117. The third-order valence-corrected chi connectivity index (χ3v) is 6.30. The first-order valence-corrected chi connectivity index (χ1v) is 11.3. The second kappa shape index (κ2) is 9.96. The normalized spacial score (nSPS) is 17.6. The van der Waals surface area contributed by atoms with Gasteiger partial charge in [0.1, 0.15) is 0 Å². The van der Waals surface area contributed by atoms with Gasteiger partial charge in [-0.05, 0) is 80.6 Å². The standard InChI is InChI=1S/C25H32N4O2/c1-19-3-2-4-22(17-19)27-24(30)10-7-20-11-14-28(15-12-20)18-21-5-8-23(9-6-21)29-16-13-26-25(29)31/h2-6,8-9,17,20H,7,10-16,18H2,1H3,(H,26,31)(H,27,30). The number of anilines is 2. The van der Waals surface area contributed by atoms with Crippen molar-refractivity contribution in [2.45, 2.75) is 39.2 Å². The predicted octanol–water partition coefficient (Wildman–Crippen LogP) is 4.16. The fourth-order valence-corrected chi connectivity index (χ4v) is 4.47. The molecule has 0 spiro atoms. The van der Waals surface area contributed by atoms with Gasteiger partial charge in [-0.3, -0.25) is 14.6 Å². The van der Waals surface area contributed by atoms with E-state index in [1.807, 2.05) is 43.3 Å². The second-order valence-corrected chi connectivity index (χ2v) is 8.73. The molecule has 2 heterocycles. The van der Waals surface area contributed by atoms with Crippen LogP contribution in [0.25, 0.3) is 0 Å². The maximum absolute atomic E-state index is 12.3. The summed E-state index contributed by atoms with van der Waals surface area (Å²) in [5, 5.41) is 5.85. The SMILES string of the molecule is Cc1cccc(NC(=O)CCC2CCN(Cc3ccc(N4CCNC4=O)cc3)CC2)c1. The summed E-state index contributed by atoms with van der Waals surface area (Å²) in [6.07, 6.45) is 3.83. The van der Waals surface area contributed by atoms with E-state index in [-0.39, 0.29) is 11.9 Å². The van der Waals surface area contributed by atoms with E-state index >= 15 is 0 Å². The van der Waals surface area contributed by atoms with Gasteiger partial charge in [-0.15, -0.1) is 0 Å². The number of carbonyl (C=O) groups excluding carboxylic acids is 2. The van der Waals surface area contributed by atoms with Crippen LogP contribution < -0.4 is 15.5 Å². The van der Waals surface area contributed by atoms with E-state index in [1.54, 1.807) is 4.90 Å². The number of aryl methyl sites for hydroxylation is 1. The molecule has 0 aromatic heterocycles. The number of urea groups is 1. The molecule has 6 nitrogen and oxygen atoms in total. The molecule has 6 heteroatoms. The predicted molar refractivity (Wildman–Crippen MR) is 124 cm³/mol. The van der Waals surface area contributed by atoms with E-state index in [4.69, 9.17) is 0 Å². The summed E-state index contributed by atoms with van der Waals surface area (Å²) in [5.74, 6) is 0.732. The molecule has 2 aromatic rings. The van der Waals surface area contributed by atoms with Gasteiger partial charge < -0.3 is 10.6 Å². The Morgan fingerprint density at radius 1 is 1.10 bits per heavy atom. The molecular weight excluding hydrogens is 388 g/mol. The summed E-state index contributed by atoms with van der Waals surface area (Å²) in [7, 11) is 0. The summed E-state index contributed by atoms with van der Waals surface area (Å²) < 4.78 is 0. The number of hydrogen-bond acceptors (Lipinski definition) is 3. The van der Waals surface area contributed by atoms with Gasteiger partial charge in [-0.2, -0.15) is 0 Å². The van der Waals surface area contributed by atoms with Crippen LogP contribution in [-0.4, -0.2) is 43.0 Å². The smallest absolute Gasteiger partial charge is 0.321 e. The number of nitrogens with zero attached hydrogens (tertiary/aromatic N) is 2. The van der Waals surface area contributed by atoms with Crippen molar-refractivity contribution >= 4 is 23.3 Å². The number of rotatable bonds is 7. The number of nitrogens with one attached hydrogen (secondary N) is 2. The Morgan fingerprint density at radius 2 is 1.87 bits per heavy atom. The lowest BCUT2D eigenvalue weighted by Crippen LogP contribution is -2.33. The van der Waals surface area contributed by atoms with E-state index in [2.05, 4.69) is 27.7 Å². The molecule has 0 atom stereocenters. The molecule has 0 saturated carbocycles. The third-order valence-electron chi connectivity index (χ3n) is 6.30. The van der Waals surface area contributed by atoms with Gasteiger partial charge in [-0.1, -0.05) is 24.3 Å². The molecule has 3 amide bonds. The molecule has 0 bridgehead atoms. The quantitative estimate of drug-likeness (QED) is 0.707. The van der Waals surface area contributed by atoms with Gasteiger partial charge >= 0.3 is 6.03 Å². The Labute approximate surface area is 184 Å². The van der Waals surface area contributed by atoms with Gasteiger partial charge in [0, 0.05) is 37.4 Å². The van der Waals surface area contributed by atoms with E-state index < -0.39 is 0 Å². The number of carbonyl (C=O) groups is 2. The maximum atomic E-state index is 12.3. The number of piperidine rings is 1. The third kappa shape index (κ3) is 5.85. The average molecular weight is 421 g/mol. The van der Waals surface area contributed by atoms with Crippen LogP contribution in [0.5, 0.6) is 0 Å². The lowest BCUT2D eigenvalue weighted by atomic mass is 9.92. The summed E-state index contributed by atoms with van der Waals surface area (Å²) in [6, 6.07) is 16.3. The highest BCUT2D eigenvalue weighted by Gasteiger charge is 2.22. The van der Waals surface area contributed by atoms with Gasteiger partial charge in [0.05, 0.1) is 0 Å². The molecular formula is C25H32N4O2. The lowest BCUT2D eigenvalue weighted by Gasteiger charge is -2.32. The van der Waals surface area contributed by atoms with Gasteiger partial charge in [0.25, 0.3) is 0 Å². The zero-order valence-corrected chi connectivity index (χ0v) is 18.3. The lowest BCUT2D eigenvalue weighted by molar-refractivity contribution is -0.116. The van der Waals surface area contributed by atoms with E-state index in [0.29, 0.717) is 18.9 Å². The van der Waals surface area contributed by atoms with Crippen molar-refractivity contribution in [1.29, 1.82) is 0 Å². The van der Waals surface area contributed by atoms with E-state index in [9.17, 15) is 9.59 Å². The second-order valence-electron chi connectivity index (χ2n) is 8.73. The van der Waals surface area contributed by atoms with Crippen LogP contribution in [0.4, 0.5) is 16.2 Å². The Kier molecular flexibility index (Phi) is 6.87. The van der Waals surface area contributed by atoms with Gasteiger partial charge in [-0.25, -0.2) is 4.79 Å². The van der Waals surface area contributed by atoms with Crippen molar-refractivity contribution in [1.82, 2.24) is 10.2 Å². The van der Waals surface area contributed by atoms with Crippen molar-refractivity contribution in [3.05, 3.63) is 59.7 Å². The molecule has 2 saturated heterocycles. The first-order valence-electron chi connectivity index (χ1n) is 11.3. The fraction of sp³-hybridized carbons (Fsp3) is 0.440. The molecule has 2 aliphatic heterocycles. The number of likely N-dealkylation sites (tertiary alicyclic amines) is 1. The summed E-state index contributed by atoms with van der Waals surface area (Å²) >= 11 is 0. The summed E-state index contributed by atoms with van der Waals surface area (Å²) in [4.78, 5) is 28.3. The maximum Gasteiger partial charge on any atom is 0.321 e. The highest BCUT2D eigenvalue weighted by molar-refractivity contribution is 5.94. The van der Waals surface area contributed by atoms with Crippen LogP contribution in [0, 0.1) is 12.8 Å². The first kappa shape index (κ1) is 21.4. The van der Waals surface area contributed by atoms with E-state index in [0.717, 1.165) is 62.4 Å². The molecule has 0 unspecified atom stereocenters. The molecule has 2 N–H and O–H groups in total. The van der Waals surface area contributed by atoms with Crippen LogP contribution in [0.3, 0.4) is 0 Å². The Morgan fingerprint density at radius 3 is 2.55 bits per heavy atom. The van der Waals surface area contributed by atoms with E-state index in [1.165, 1.54) is 5.56 Å². The zero-order chi connectivity index (χ0) is 21.6. The number of benzene rings is 2. The molecule has 2 aromatic carbocycles. The molecule has 4 rings (SSSR count). The highest BCUT2D eigenvalue weighted by Crippen LogP contribution is 2.24. The topological polar surface area (TPSA) is 64.7 Å². The fourth-order valence-electron chi connectivity index (χ4n) is 4.47. The Bertz CT molecular complexity index is 904. The molecule has 2 aliphatic rings. The van der Waals surface area contributed by atoms with Crippen molar-refractivity contribution in [3.8, 4) is 0 Å². The van der Waals surface area contributed by atoms with Crippen LogP contribution >= 0.6 is 0 Å². The van der Waals surface area contributed by atoms with Gasteiger partial charge in [0.2, 0.25) is 5.91 Å². The monoisotopic (exact) mass is 420 g/mol. The first-order chi connectivity index (χ1) is 15.1. The van der Waals surface area contributed by atoms with Crippen molar-refractivity contribution in [2.75, 3.05) is 36.4 Å². The molecule has 0 radical (unpaired) electrons. The molecule has 31 heavy (non-hydrogen) atoms. The highest BCUT2D eigenvalue weighted by atomic mass is 16.2. The largest absolute Gasteiger partial charge is 0.336 e. The molecule has 164 valence electrons. The van der Waals surface area contributed by atoms with Gasteiger partial charge in [0.15, 0.2) is 0 Å². The van der Waals surface area contributed by atoms with Crippen molar-refractivity contribution in [3.63, 3.8) is 0 Å². The Hall–Kier alpha value is -2.86. The average Bonchev–Trinajstić information content (AvgIpc) is 3.20. The minimum atomic E-state index is -0.0117. The van der Waals surface area contributed by atoms with Crippen LogP contribution in [0.15, 0.2) is 48.5 Å². The minimum Gasteiger partial charge on any atom is -0.336 e.